The Morgan fingerprint density at radius 3 is 2.69 bits per heavy atom. The summed E-state index contributed by atoms with van der Waals surface area (Å²) in [6.45, 7) is 0. The molecule has 0 aliphatic rings. The molecule has 0 bridgehead atoms. The van der Waals surface area contributed by atoms with Crippen molar-refractivity contribution in [2.45, 2.75) is 0 Å². The largest absolute Gasteiger partial charge is 0.481 e. The molecule has 0 fully saturated rings. The topological polar surface area (TPSA) is 43.7 Å². The summed E-state index contributed by atoms with van der Waals surface area (Å²) in [5, 5.41) is 2.24. The number of hydrogen-bond acceptors (Lipinski definition) is 5. The number of ether oxygens (including phenoxy) is 2. The minimum Gasteiger partial charge on any atom is -0.481 e. The third kappa shape index (κ3) is 2.24. The second-order valence-corrected chi connectivity index (χ2v) is 2.27. The number of isothiocyanates is 1. The van der Waals surface area contributed by atoms with E-state index in [0.717, 1.165) is 0 Å². The molecule has 68 valence electrons. The number of aromatic nitrogens is 1. The van der Waals surface area contributed by atoms with Crippen LogP contribution in [-0.2, 0) is 0 Å². The molecule has 0 spiro atoms. The molecule has 5 heteroatoms. The number of thiocarbonyl (C=S) groups is 1. The van der Waals surface area contributed by atoms with Crippen LogP contribution in [0.4, 0.5) is 5.69 Å². The molecule has 1 heterocycles. The lowest BCUT2D eigenvalue weighted by Crippen LogP contribution is -1.91. The van der Waals surface area contributed by atoms with Crippen LogP contribution >= 0.6 is 12.2 Å². The average Bonchev–Trinajstić information content (AvgIpc) is 2.19. The maximum absolute atomic E-state index is 4.97. The Labute approximate surface area is 81.2 Å². The Balaban J connectivity index is 3.15. The zero-order chi connectivity index (χ0) is 9.68. The smallest absolute Gasteiger partial charge is 0.243 e. The van der Waals surface area contributed by atoms with Gasteiger partial charge in [-0.05, 0) is 18.3 Å². The number of methoxy groups -OCH3 is 2. The molecular formula is C8H8N2O2S. The molecule has 1 aromatic heterocycles. The van der Waals surface area contributed by atoms with Gasteiger partial charge in [0.1, 0.15) is 5.69 Å². The summed E-state index contributed by atoms with van der Waals surface area (Å²) < 4.78 is 9.88. The van der Waals surface area contributed by atoms with Gasteiger partial charge in [0.2, 0.25) is 11.8 Å². The Kier molecular flexibility index (Phi) is 3.37. The van der Waals surface area contributed by atoms with Gasteiger partial charge in [-0.15, -0.1) is 0 Å². The van der Waals surface area contributed by atoms with Gasteiger partial charge in [0.15, 0.2) is 0 Å². The van der Waals surface area contributed by atoms with E-state index >= 15 is 0 Å². The van der Waals surface area contributed by atoms with E-state index in [1.54, 1.807) is 12.1 Å². The number of nitrogens with zero attached hydrogens (tertiary/aromatic N) is 2. The normalized spacial score (nSPS) is 8.77. The summed E-state index contributed by atoms with van der Waals surface area (Å²) in [5.41, 5.74) is 0.540. The summed E-state index contributed by atoms with van der Waals surface area (Å²) in [6.07, 6.45) is 0. The average molecular weight is 196 g/mol. The van der Waals surface area contributed by atoms with E-state index in [1.807, 2.05) is 0 Å². The van der Waals surface area contributed by atoms with Crippen LogP contribution in [0.3, 0.4) is 0 Å². The van der Waals surface area contributed by atoms with Gasteiger partial charge in [-0.1, -0.05) is 0 Å². The van der Waals surface area contributed by atoms with Gasteiger partial charge in [0.25, 0.3) is 0 Å². The second-order valence-electron chi connectivity index (χ2n) is 2.09. The molecule has 4 nitrogen and oxygen atoms in total. The highest BCUT2D eigenvalue weighted by molar-refractivity contribution is 7.78. The molecule has 0 saturated heterocycles. The summed E-state index contributed by atoms with van der Waals surface area (Å²) >= 11 is 4.47. The molecule has 0 aliphatic heterocycles. The molecule has 0 saturated carbocycles. The maximum atomic E-state index is 4.97. The van der Waals surface area contributed by atoms with Crippen LogP contribution in [0, 0.1) is 0 Å². The standard InChI is InChI=1S/C8H8N2O2S/c1-11-7-4-3-6(9-5-13)8(10-7)12-2/h3-4H,1-2H3. The van der Waals surface area contributed by atoms with E-state index in [-0.39, 0.29) is 0 Å². The quantitative estimate of drug-likeness (QED) is 0.546. The molecule has 0 unspecified atom stereocenters. The maximum Gasteiger partial charge on any atom is 0.243 e. The van der Waals surface area contributed by atoms with Crippen molar-refractivity contribution >= 4 is 23.1 Å². The predicted octanol–water partition coefficient (Wildman–Crippen LogP) is 1.83. The summed E-state index contributed by atoms with van der Waals surface area (Å²) in [5.74, 6) is 0.844. The highest BCUT2D eigenvalue weighted by atomic mass is 32.1. The van der Waals surface area contributed by atoms with E-state index in [2.05, 4.69) is 27.4 Å². The Morgan fingerprint density at radius 2 is 2.15 bits per heavy atom. The minimum atomic E-state index is 0.372. The van der Waals surface area contributed by atoms with Crippen molar-refractivity contribution < 1.29 is 9.47 Å². The SMILES string of the molecule is COc1ccc(N=C=S)c(OC)n1. The van der Waals surface area contributed by atoms with E-state index in [1.165, 1.54) is 14.2 Å². The molecule has 0 amide bonds. The van der Waals surface area contributed by atoms with Crippen molar-refractivity contribution in [2.75, 3.05) is 14.2 Å². The van der Waals surface area contributed by atoms with Gasteiger partial charge >= 0.3 is 0 Å². The van der Waals surface area contributed by atoms with Crippen molar-refractivity contribution in [1.82, 2.24) is 4.98 Å². The molecular weight excluding hydrogens is 188 g/mol. The van der Waals surface area contributed by atoms with Gasteiger partial charge in [-0.3, -0.25) is 0 Å². The molecule has 1 rings (SSSR count). The minimum absolute atomic E-state index is 0.372. The molecule has 0 aromatic carbocycles. The summed E-state index contributed by atoms with van der Waals surface area (Å²) in [4.78, 5) is 7.78. The fourth-order valence-corrected chi connectivity index (χ4v) is 0.913. The zero-order valence-corrected chi connectivity index (χ0v) is 8.09. The second kappa shape index (κ2) is 4.54. The molecule has 0 atom stereocenters. The van der Waals surface area contributed by atoms with Crippen LogP contribution in [0.25, 0.3) is 0 Å². The third-order valence-electron chi connectivity index (χ3n) is 1.38. The van der Waals surface area contributed by atoms with Crippen LogP contribution in [0.5, 0.6) is 11.8 Å². The first-order valence-electron chi connectivity index (χ1n) is 3.48. The Morgan fingerprint density at radius 1 is 1.38 bits per heavy atom. The molecule has 0 aliphatic carbocycles. The lowest BCUT2D eigenvalue weighted by atomic mass is 10.4. The van der Waals surface area contributed by atoms with Crippen molar-refractivity contribution in [3.63, 3.8) is 0 Å². The fraction of sp³-hybridized carbons (Fsp3) is 0.250. The number of pyridine rings is 1. The lowest BCUT2D eigenvalue weighted by Gasteiger charge is -2.03. The molecule has 1 aromatic rings. The zero-order valence-electron chi connectivity index (χ0n) is 7.27. The van der Waals surface area contributed by atoms with Crippen LogP contribution in [0.15, 0.2) is 17.1 Å². The molecule has 13 heavy (non-hydrogen) atoms. The van der Waals surface area contributed by atoms with Crippen molar-refractivity contribution in [3.05, 3.63) is 12.1 Å². The van der Waals surface area contributed by atoms with Crippen molar-refractivity contribution in [1.29, 1.82) is 0 Å². The fourth-order valence-electron chi connectivity index (χ4n) is 0.814. The van der Waals surface area contributed by atoms with Gasteiger partial charge in [-0.2, -0.15) is 9.98 Å². The summed E-state index contributed by atoms with van der Waals surface area (Å²) in [6, 6.07) is 3.37. The van der Waals surface area contributed by atoms with Crippen molar-refractivity contribution in [2.24, 2.45) is 4.99 Å². The molecule has 0 radical (unpaired) electrons. The Bertz CT molecular complexity index is 348. The number of aliphatic imine (C=N–C) groups is 1. The first kappa shape index (κ1) is 9.64. The number of hydrogen-bond donors (Lipinski definition) is 0. The van der Waals surface area contributed by atoms with E-state index in [9.17, 15) is 0 Å². The van der Waals surface area contributed by atoms with Crippen LogP contribution in [0.2, 0.25) is 0 Å². The Hall–Kier alpha value is -1.45. The van der Waals surface area contributed by atoms with Crippen LogP contribution in [0.1, 0.15) is 0 Å². The summed E-state index contributed by atoms with van der Waals surface area (Å²) in [7, 11) is 3.04. The first-order valence-corrected chi connectivity index (χ1v) is 3.89. The number of rotatable bonds is 3. The van der Waals surface area contributed by atoms with E-state index < -0.39 is 0 Å². The van der Waals surface area contributed by atoms with E-state index in [4.69, 9.17) is 9.47 Å². The van der Waals surface area contributed by atoms with E-state index in [0.29, 0.717) is 17.4 Å². The van der Waals surface area contributed by atoms with Crippen LogP contribution in [-0.4, -0.2) is 24.4 Å². The monoisotopic (exact) mass is 196 g/mol. The highest BCUT2D eigenvalue weighted by Gasteiger charge is 2.04. The van der Waals surface area contributed by atoms with Crippen LogP contribution < -0.4 is 9.47 Å². The lowest BCUT2D eigenvalue weighted by molar-refractivity contribution is 0.365. The van der Waals surface area contributed by atoms with Gasteiger partial charge in [0.05, 0.1) is 19.4 Å². The predicted molar refractivity (Wildman–Crippen MR) is 52.0 cm³/mol. The van der Waals surface area contributed by atoms with Gasteiger partial charge in [-0.25, -0.2) is 0 Å². The van der Waals surface area contributed by atoms with Gasteiger partial charge in [0, 0.05) is 6.07 Å². The first-order chi connectivity index (χ1) is 6.31. The third-order valence-corrected chi connectivity index (χ3v) is 1.47. The highest BCUT2D eigenvalue weighted by Crippen LogP contribution is 2.26. The molecule has 0 N–H and O–H groups in total. The van der Waals surface area contributed by atoms with Crippen molar-refractivity contribution in [3.8, 4) is 11.8 Å². The van der Waals surface area contributed by atoms with Gasteiger partial charge < -0.3 is 9.47 Å².